The van der Waals surface area contributed by atoms with E-state index in [0.717, 1.165) is 0 Å². The Morgan fingerprint density at radius 2 is 1.80 bits per heavy atom. The highest BCUT2D eigenvalue weighted by molar-refractivity contribution is 7.27. The van der Waals surface area contributed by atoms with E-state index in [0.29, 0.717) is 4.89 Å². The van der Waals surface area contributed by atoms with Crippen molar-refractivity contribution in [3.8, 4) is 0 Å². The van der Waals surface area contributed by atoms with Gasteiger partial charge in [-0.1, -0.05) is 0 Å². The predicted octanol–water partition coefficient (Wildman–Crippen LogP) is -1.46. The second kappa shape index (κ2) is 2.50. The molecule has 0 fully saturated rings. The molecule has 0 aromatic carbocycles. The van der Waals surface area contributed by atoms with Crippen molar-refractivity contribution in [3.05, 3.63) is 0 Å². The van der Waals surface area contributed by atoms with Crippen LogP contribution in [0.1, 0.15) is 0 Å². The molecule has 0 aliphatic rings. The van der Waals surface area contributed by atoms with E-state index >= 15 is 0 Å². The third-order valence-corrected chi connectivity index (χ3v) is 0.346. The summed E-state index contributed by atoms with van der Waals surface area (Å²) in [4.78, 5) is 8.56. The smallest absolute Gasteiger partial charge is 0.116 e. The summed E-state index contributed by atoms with van der Waals surface area (Å²) in [6.07, 6.45) is 0. The van der Waals surface area contributed by atoms with E-state index in [4.69, 9.17) is 4.89 Å². The van der Waals surface area contributed by atoms with Gasteiger partial charge in [-0.05, 0) is 0 Å². The Labute approximate surface area is 31.6 Å². The Kier molecular flexibility index (Phi) is 2.64. The molecule has 1 unspecified atom stereocenters. The zero-order valence-corrected chi connectivity index (χ0v) is 3.55. The maximum atomic E-state index is 7.85. The highest BCUT2D eigenvalue weighted by Crippen LogP contribution is 1.94. The van der Waals surface area contributed by atoms with Crippen LogP contribution < -0.4 is 11.7 Å². The summed E-state index contributed by atoms with van der Waals surface area (Å²) in [6.45, 7) is 0. The van der Waals surface area contributed by atoms with E-state index in [1.165, 1.54) is 0 Å². The minimum Gasteiger partial charge on any atom is -0.359 e. The number of rotatable bonds is 1. The molecule has 5 N–H and O–H groups in total. The SMILES string of the molecule is NN(N)PO. The molecule has 0 aliphatic carbocycles. The van der Waals surface area contributed by atoms with E-state index in [1.807, 2.05) is 0 Å². The molecule has 0 aromatic rings. The second-order valence-electron chi connectivity index (χ2n) is 0.507. The lowest BCUT2D eigenvalue weighted by atomic mass is 12.6. The minimum absolute atomic E-state index is 0.497. The lowest BCUT2D eigenvalue weighted by Crippen LogP contribution is -2.28. The predicted molar refractivity (Wildman–Crippen MR) is 20.7 cm³/mol. The number of hydrogen-bond acceptors (Lipinski definition) is 4. The molecule has 4 nitrogen and oxygen atoms in total. The lowest BCUT2D eigenvalue weighted by Gasteiger charge is -1.98. The molecule has 0 aromatic heterocycles. The molecular weight excluding hydrogens is 89.0 g/mol. The van der Waals surface area contributed by atoms with Crippen LogP contribution >= 0.6 is 8.96 Å². The van der Waals surface area contributed by atoms with E-state index < -0.39 is 8.96 Å². The summed E-state index contributed by atoms with van der Waals surface area (Å²) in [5.41, 5.74) is 0. The third-order valence-electron chi connectivity index (χ3n) is 0.115. The maximum absolute atomic E-state index is 7.85. The van der Waals surface area contributed by atoms with Crippen LogP contribution in [0.2, 0.25) is 0 Å². The minimum atomic E-state index is -0.497. The molecular formula is H6N3OP. The first kappa shape index (κ1) is 5.27. The molecule has 0 rings (SSSR count). The van der Waals surface area contributed by atoms with Crippen LogP contribution in [0.25, 0.3) is 0 Å². The molecule has 32 valence electrons. The number of hydrogen-bond donors (Lipinski definition) is 3. The normalized spacial score (nSPS) is 12.0. The summed E-state index contributed by atoms with van der Waals surface area (Å²) in [5.74, 6) is 9.33. The molecule has 5 heteroatoms. The van der Waals surface area contributed by atoms with Gasteiger partial charge in [-0.15, -0.1) is 4.89 Å². The van der Waals surface area contributed by atoms with Gasteiger partial charge in [-0.25, -0.2) is 11.7 Å². The number of hydrazine groups is 2. The van der Waals surface area contributed by atoms with E-state index in [9.17, 15) is 0 Å². The fraction of sp³-hybridized carbons (Fsp3) is 0. The van der Waals surface area contributed by atoms with Crippen molar-refractivity contribution in [2.75, 3.05) is 0 Å². The Hall–Kier alpha value is 0.270. The largest absolute Gasteiger partial charge is 0.359 e. The standard InChI is InChI=1S/H6N3OP/c1-3(2)5-4/h4-5H,1-2H2. The zero-order chi connectivity index (χ0) is 4.28. The molecule has 5 heavy (non-hydrogen) atoms. The van der Waals surface area contributed by atoms with Crippen LogP contribution in [0.4, 0.5) is 0 Å². The van der Waals surface area contributed by atoms with Crippen LogP contribution in [-0.4, -0.2) is 9.78 Å². The van der Waals surface area contributed by atoms with Gasteiger partial charge in [0.2, 0.25) is 0 Å². The molecule has 0 bridgehead atoms. The van der Waals surface area contributed by atoms with Crippen molar-refractivity contribution in [1.82, 2.24) is 4.89 Å². The summed E-state index contributed by atoms with van der Waals surface area (Å²) in [5, 5.41) is 0. The first-order valence-corrected chi connectivity index (χ1v) is 1.86. The van der Waals surface area contributed by atoms with E-state index in [1.54, 1.807) is 0 Å². The van der Waals surface area contributed by atoms with Gasteiger partial charge in [0, 0.05) is 0 Å². The molecule has 0 saturated heterocycles. The Morgan fingerprint density at radius 3 is 1.80 bits per heavy atom. The monoisotopic (exact) mass is 95.0 g/mol. The Balaban J connectivity index is 2.54. The van der Waals surface area contributed by atoms with Crippen molar-refractivity contribution >= 4 is 8.96 Å². The van der Waals surface area contributed by atoms with Gasteiger partial charge in [0.05, 0.1) is 0 Å². The van der Waals surface area contributed by atoms with E-state index in [-0.39, 0.29) is 0 Å². The second-order valence-corrected chi connectivity index (χ2v) is 1.22. The summed E-state index contributed by atoms with van der Waals surface area (Å²) >= 11 is 0. The number of nitrogens with two attached hydrogens (primary N) is 2. The molecule has 1 atom stereocenters. The first-order chi connectivity index (χ1) is 2.27. The number of nitrogens with zero attached hydrogens (tertiary/aromatic N) is 1. The summed E-state index contributed by atoms with van der Waals surface area (Å²) in [7, 11) is -0.497. The van der Waals surface area contributed by atoms with Crippen LogP contribution in [0.15, 0.2) is 0 Å². The molecule has 0 radical (unpaired) electrons. The van der Waals surface area contributed by atoms with Gasteiger partial charge in [0.25, 0.3) is 0 Å². The van der Waals surface area contributed by atoms with Crippen LogP contribution in [0, 0.1) is 0 Å². The zero-order valence-electron chi connectivity index (χ0n) is 2.55. The summed E-state index contributed by atoms with van der Waals surface area (Å²) < 4.78 is 0. The van der Waals surface area contributed by atoms with Crippen LogP contribution in [0.3, 0.4) is 0 Å². The van der Waals surface area contributed by atoms with Gasteiger partial charge < -0.3 is 4.89 Å². The van der Waals surface area contributed by atoms with Crippen LogP contribution in [0.5, 0.6) is 0 Å². The molecule has 0 spiro atoms. The van der Waals surface area contributed by atoms with Gasteiger partial charge in [0.1, 0.15) is 8.96 Å². The first-order valence-electron chi connectivity index (χ1n) is 0.964. The highest BCUT2D eigenvalue weighted by Gasteiger charge is 1.74. The lowest BCUT2D eigenvalue weighted by molar-refractivity contribution is 0.460. The van der Waals surface area contributed by atoms with E-state index in [2.05, 4.69) is 11.7 Å². The van der Waals surface area contributed by atoms with Gasteiger partial charge in [-0.2, -0.15) is 0 Å². The Bertz CT molecular complexity index is 20.9. The maximum Gasteiger partial charge on any atom is 0.116 e. The quantitative estimate of drug-likeness (QED) is 0.211. The average Bonchev–Trinajstić information content (AvgIpc) is 1.38. The van der Waals surface area contributed by atoms with Crippen molar-refractivity contribution in [3.63, 3.8) is 0 Å². The molecule has 0 aliphatic heterocycles. The van der Waals surface area contributed by atoms with Crippen molar-refractivity contribution in [2.24, 2.45) is 11.7 Å². The highest BCUT2D eigenvalue weighted by atomic mass is 31.1. The van der Waals surface area contributed by atoms with Gasteiger partial charge in [0.15, 0.2) is 0 Å². The van der Waals surface area contributed by atoms with Gasteiger partial charge in [-0.3, -0.25) is 0 Å². The summed E-state index contributed by atoms with van der Waals surface area (Å²) in [6, 6.07) is 0. The average molecular weight is 95.0 g/mol. The van der Waals surface area contributed by atoms with Crippen molar-refractivity contribution < 1.29 is 4.89 Å². The van der Waals surface area contributed by atoms with Crippen LogP contribution in [-0.2, 0) is 0 Å². The molecule has 0 amide bonds. The fourth-order valence-corrected chi connectivity index (χ4v) is 0. The molecule has 0 saturated carbocycles. The topological polar surface area (TPSA) is 75.5 Å². The van der Waals surface area contributed by atoms with Crippen molar-refractivity contribution in [2.45, 2.75) is 0 Å². The molecule has 0 heterocycles. The third kappa shape index (κ3) is 4.27. The fourth-order valence-electron chi connectivity index (χ4n) is 0. The van der Waals surface area contributed by atoms with Gasteiger partial charge >= 0.3 is 0 Å². The Morgan fingerprint density at radius 1 is 1.60 bits per heavy atom. The van der Waals surface area contributed by atoms with Crippen molar-refractivity contribution in [1.29, 1.82) is 0 Å².